The van der Waals surface area contributed by atoms with E-state index in [4.69, 9.17) is 20.4 Å². The number of aryl methyl sites for hydroxylation is 1. The van der Waals surface area contributed by atoms with Crippen LogP contribution in [0.5, 0.6) is 5.75 Å². The first-order valence-electron chi connectivity index (χ1n) is 10.7. The van der Waals surface area contributed by atoms with E-state index in [1.54, 1.807) is 13.3 Å². The lowest BCUT2D eigenvalue weighted by Gasteiger charge is -2.06. The smallest absolute Gasteiger partial charge is 0.261 e. The predicted octanol–water partition coefficient (Wildman–Crippen LogP) is 4.62. The van der Waals surface area contributed by atoms with Gasteiger partial charge in [-0.2, -0.15) is 9.78 Å². The highest BCUT2D eigenvalue weighted by atomic mass is 16.5. The number of aromatic nitrogens is 3. The molecule has 5 aromatic rings. The third kappa shape index (κ3) is 3.81. The van der Waals surface area contributed by atoms with Gasteiger partial charge in [0, 0.05) is 11.3 Å². The van der Waals surface area contributed by atoms with E-state index in [2.05, 4.69) is 10.4 Å². The summed E-state index contributed by atoms with van der Waals surface area (Å²) in [5, 5.41) is 7.46. The van der Waals surface area contributed by atoms with Crippen molar-refractivity contribution in [1.82, 2.24) is 14.6 Å². The molecule has 168 valence electrons. The molecule has 0 radical (unpaired) electrons. The van der Waals surface area contributed by atoms with Crippen LogP contribution in [0.4, 0.5) is 11.5 Å². The summed E-state index contributed by atoms with van der Waals surface area (Å²) in [6.45, 7) is 1.96. The molecular weight excluding hydrogens is 428 g/mol. The number of hydrogen-bond donors (Lipinski definition) is 2. The Morgan fingerprint density at radius 1 is 1.03 bits per heavy atom. The van der Waals surface area contributed by atoms with Crippen molar-refractivity contribution in [3.05, 3.63) is 89.5 Å². The molecule has 0 saturated carbocycles. The Balaban J connectivity index is 1.67. The minimum atomic E-state index is -0.385. The fourth-order valence-corrected chi connectivity index (χ4v) is 3.80. The third-order valence-corrected chi connectivity index (χ3v) is 5.43. The van der Waals surface area contributed by atoms with Crippen LogP contribution in [0.1, 0.15) is 21.5 Å². The zero-order chi connectivity index (χ0) is 23.7. The molecule has 2 aromatic heterocycles. The second-order valence-electron chi connectivity index (χ2n) is 7.77. The Labute approximate surface area is 195 Å². The van der Waals surface area contributed by atoms with Crippen molar-refractivity contribution in [1.29, 1.82) is 0 Å². The van der Waals surface area contributed by atoms with Gasteiger partial charge in [-0.1, -0.05) is 36.4 Å². The largest absolute Gasteiger partial charge is 0.496 e. The summed E-state index contributed by atoms with van der Waals surface area (Å²) in [6, 6.07) is 22.5. The number of amides is 1. The van der Waals surface area contributed by atoms with Gasteiger partial charge in [0.05, 0.1) is 24.4 Å². The first-order valence-corrected chi connectivity index (χ1v) is 10.7. The molecule has 8 heteroatoms. The molecule has 1 amide bonds. The lowest BCUT2D eigenvalue weighted by molar-refractivity contribution is 0.102. The van der Waals surface area contributed by atoms with Gasteiger partial charge < -0.3 is 15.8 Å². The average molecular weight is 451 g/mol. The molecule has 0 spiro atoms. The van der Waals surface area contributed by atoms with E-state index in [1.807, 2.05) is 79.7 Å². The van der Waals surface area contributed by atoms with Crippen molar-refractivity contribution < 1.29 is 9.53 Å². The summed E-state index contributed by atoms with van der Waals surface area (Å²) >= 11 is 0. The van der Waals surface area contributed by atoms with Crippen LogP contribution in [-0.4, -0.2) is 33.9 Å². The Hall–Kier alpha value is -4.72. The normalized spacial score (nSPS) is 11.4. The maximum Gasteiger partial charge on any atom is 0.261 e. The van der Waals surface area contributed by atoms with E-state index in [0.717, 1.165) is 11.1 Å². The standard InChI is InChI=1S/C26H22N6O2/c1-16-8-7-10-18(14-16)29-26(33)22-23-25(31-20-12-5-4-11-19(20)30-23)32(24(22)27)28-15-17-9-3-6-13-21(17)34-2/h3-15H,27H2,1-2H3,(H,29,33). The van der Waals surface area contributed by atoms with E-state index in [-0.39, 0.29) is 17.3 Å². The molecule has 8 nitrogen and oxygen atoms in total. The summed E-state index contributed by atoms with van der Waals surface area (Å²) in [4.78, 5) is 22.8. The van der Waals surface area contributed by atoms with Crippen LogP contribution in [-0.2, 0) is 0 Å². The molecule has 0 aliphatic rings. The van der Waals surface area contributed by atoms with Gasteiger partial charge in [-0.05, 0) is 48.9 Å². The number of nitrogen functional groups attached to an aromatic ring is 1. The highest BCUT2D eigenvalue weighted by Gasteiger charge is 2.24. The van der Waals surface area contributed by atoms with Crippen LogP contribution in [0.3, 0.4) is 0 Å². The van der Waals surface area contributed by atoms with Gasteiger partial charge in [0.2, 0.25) is 0 Å². The van der Waals surface area contributed by atoms with Crippen molar-refractivity contribution >= 4 is 45.8 Å². The Morgan fingerprint density at radius 3 is 2.53 bits per heavy atom. The SMILES string of the molecule is COc1ccccc1C=Nn1c(N)c(C(=O)Nc2cccc(C)c2)c2nc3ccccc3nc21. The minimum absolute atomic E-state index is 0.140. The number of benzene rings is 3. The number of rotatable bonds is 5. The van der Waals surface area contributed by atoms with E-state index in [0.29, 0.717) is 33.6 Å². The van der Waals surface area contributed by atoms with Gasteiger partial charge in [-0.25, -0.2) is 9.97 Å². The van der Waals surface area contributed by atoms with Crippen molar-refractivity contribution in [2.24, 2.45) is 5.10 Å². The van der Waals surface area contributed by atoms with Crippen LogP contribution < -0.4 is 15.8 Å². The highest BCUT2D eigenvalue weighted by Crippen LogP contribution is 2.29. The topological polar surface area (TPSA) is 107 Å². The van der Waals surface area contributed by atoms with E-state index >= 15 is 0 Å². The van der Waals surface area contributed by atoms with Crippen LogP contribution in [0, 0.1) is 6.92 Å². The average Bonchev–Trinajstić information content (AvgIpc) is 3.11. The molecule has 3 aromatic carbocycles. The van der Waals surface area contributed by atoms with Gasteiger partial charge in [0.1, 0.15) is 22.6 Å². The summed E-state index contributed by atoms with van der Waals surface area (Å²) < 4.78 is 6.84. The van der Waals surface area contributed by atoms with Gasteiger partial charge in [-0.3, -0.25) is 4.79 Å². The molecule has 0 aliphatic heterocycles. The molecule has 3 N–H and O–H groups in total. The van der Waals surface area contributed by atoms with Crippen LogP contribution in [0.15, 0.2) is 77.9 Å². The zero-order valence-electron chi connectivity index (χ0n) is 18.7. The number of carbonyl (C=O) groups excluding carboxylic acids is 1. The maximum absolute atomic E-state index is 13.3. The number of anilines is 2. The van der Waals surface area contributed by atoms with Crippen molar-refractivity contribution in [3.63, 3.8) is 0 Å². The number of para-hydroxylation sites is 3. The van der Waals surface area contributed by atoms with Crippen LogP contribution in [0.25, 0.3) is 22.2 Å². The molecule has 0 unspecified atom stereocenters. The molecule has 34 heavy (non-hydrogen) atoms. The number of methoxy groups -OCH3 is 1. The third-order valence-electron chi connectivity index (χ3n) is 5.43. The highest BCUT2D eigenvalue weighted by molar-refractivity contribution is 6.16. The van der Waals surface area contributed by atoms with E-state index < -0.39 is 0 Å². The lowest BCUT2D eigenvalue weighted by Crippen LogP contribution is -2.14. The number of ether oxygens (including phenoxy) is 1. The van der Waals surface area contributed by atoms with Gasteiger partial charge in [0.25, 0.3) is 5.91 Å². The maximum atomic E-state index is 13.3. The zero-order valence-corrected chi connectivity index (χ0v) is 18.7. The van der Waals surface area contributed by atoms with Crippen LogP contribution in [0.2, 0.25) is 0 Å². The van der Waals surface area contributed by atoms with Crippen LogP contribution >= 0.6 is 0 Å². The summed E-state index contributed by atoms with van der Waals surface area (Å²) in [6.07, 6.45) is 1.62. The Morgan fingerprint density at radius 2 is 1.76 bits per heavy atom. The number of nitrogens with zero attached hydrogens (tertiary/aromatic N) is 4. The summed E-state index contributed by atoms with van der Waals surface area (Å²) in [5.74, 6) is 0.417. The van der Waals surface area contributed by atoms with E-state index in [9.17, 15) is 4.79 Å². The molecule has 5 rings (SSSR count). The van der Waals surface area contributed by atoms with Gasteiger partial charge >= 0.3 is 0 Å². The quantitative estimate of drug-likeness (QED) is 0.380. The molecular formula is C26H22N6O2. The lowest BCUT2D eigenvalue weighted by atomic mass is 10.2. The number of nitrogens with one attached hydrogen (secondary N) is 1. The fourth-order valence-electron chi connectivity index (χ4n) is 3.80. The van der Waals surface area contributed by atoms with Crippen molar-refractivity contribution in [3.8, 4) is 5.75 Å². The Bertz CT molecular complexity index is 1570. The number of fused-ring (bicyclic) bond motifs is 2. The number of carbonyl (C=O) groups is 1. The molecule has 2 heterocycles. The summed E-state index contributed by atoms with van der Waals surface area (Å²) in [7, 11) is 1.59. The first kappa shape index (κ1) is 21.1. The monoisotopic (exact) mass is 450 g/mol. The predicted molar refractivity (Wildman–Crippen MR) is 135 cm³/mol. The van der Waals surface area contributed by atoms with Crippen molar-refractivity contribution in [2.45, 2.75) is 6.92 Å². The molecule has 0 atom stereocenters. The molecule has 0 fully saturated rings. The number of hydrogen-bond acceptors (Lipinski definition) is 6. The molecule has 0 aliphatic carbocycles. The Kier molecular flexibility index (Phi) is 5.39. The second kappa shape index (κ2) is 8.67. The first-order chi connectivity index (χ1) is 16.5. The summed E-state index contributed by atoms with van der Waals surface area (Å²) in [5.41, 5.74) is 11.2. The second-order valence-corrected chi connectivity index (χ2v) is 7.77. The molecule has 0 saturated heterocycles. The van der Waals surface area contributed by atoms with Gasteiger partial charge in [0.15, 0.2) is 5.65 Å². The van der Waals surface area contributed by atoms with Crippen molar-refractivity contribution in [2.75, 3.05) is 18.2 Å². The minimum Gasteiger partial charge on any atom is -0.496 e. The fraction of sp³-hybridized carbons (Fsp3) is 0.0769. The number of nitrogens with two attached hydrogens (primary N) is 1. The van der Waals surface area contributed by atoms with E-state index in [1.165, 1.54) is 4.68 Å². The van der Waals surface area contributed by atoms with Gasteiger partial charge in [-0.15, -0.1) is 0 Å². The molecule has 0 bridgehead atoms.